The number of carboxylic acids is 1. The highest BCUT2D eigenvalue weighted by Crippen LogP contribution is 2.31. The molecule has 8 nitrogen and oxygen atoms in total. The van der Waals surface area contributed by atoms with Crippen molar-refractivity contribution in [3.8, 4) is 11.5 Å². The molecule has 21 heavy (non-hydrogen) atoms. The van der Waals surface area contributed by atoms with Crippen LogP contribution in [-0.4, -0.2) is 26.2 Å². The van der Waals surface area contributed by atoms with E-state index in [-0.39, 0.29) is 34.5 Å². The van der Waals surface area contributed by atoms with Gasteiger partial charge in [-0.3, -0.25) is 14.9 Å². The number of benzene rings is 1. The maximum absolute atomic E-state index is 11.0. The van der Waals surface area contributed by atoms with Crippen LogP contribution in [0.5, 0.6) is 0 Å². The fraction of sp³-hybridized carbons (Fsp3) is 0.250. The highest BCUT2D eigenvalue weighted by molar-refractivity contribution is 6.30. The Morgan fingerprint density at radius 1 is 1.43 bits per heavy atom. The van der Waals surface area contributed by atoms with Crippen molar-refractivity contribution in [2.45, 2.75) is 19.3 Å². The molecule has 1 aromatic heterocycles. The van der Waals surface area contributed by atoms with E-state index in [2.05, 4.69) is 10.2 Å². The van der Waals surface area contributed by atoms with Gasteiger partial charge < -0.3 is 9.52 Å². The summed E-state index contributed by atoms with van der Waals surface area (Å²) in [6, 6.07) is 4.11. The van der Waals surface area contributed by atoms with Crippen molar-refractivity contribution in [3.63, 3.8) is 0 Å². The average molecular weight is 312 g/mol. The number of hydrogen-bond acceptors (Lipinski definition) is 6. The van der Waals surface area contributed by atoms with E-state index in [0.717, 1.165) is 0 Å². The van der Waals surface area contributed by atoms with Crippen molar-refractivity contribution in [2.75, 3.05) is 0 Å². The summed E-state index contributed by atoms with van der Waals surface area (Å²) in [5.74, 6) is -0.678. The SMILES string of the molecule is O=C(O)CCCc1nnc(-c2ccc(Cl)cc2[N+](=O)[O-])o1. The summed E-state index contributed by atoms with van der Waals surface area (Å²) in [4.78, 5) is 20.8. The number of nitrogens with zero attached hydrogens (tertiary/aromatic N) is 3. The summed E-state index contributed by atoms with van der Waals surface area (Å²) >= 11 is 5.73. The van der Waals surface area contributed by atoms with Gasteiger partial charge >= 0.3 is 5.97 Å². The van der Waals surface area contributed by atoms with Gasteiger partial charge in [0.05, 0.1) is 4.92 Å². The zero-order chi connectivity index (χ0) is 15.4. The van der Waals surface area contributed by atoms with Crippen molar-refractivity contribution >= 4 is 23.3 Å². The van der Waals surface area contributed by atoms with Crippen molar-refractivity contribution in [1.82, 2.24) is 10.2 Å². The third kappa shape index (κ3) is 3.76. The second-order valence-electron chi connectivity index (χ2n) is 4.17. The minimum Gasteiger partial charge on any atom is -0.481 e. The average Bonchev–Trinajstić information content (AvgIpc) is 2.86. The fourth-order valence-electron chi connectivity index (χ4n) is 1.69. The molecule has 0 unspecified atom stereocenters. The Morgan fingerprint density at radius 2 is 2.19 bits per heavy atom. The molecule has 0 amide bonds. The predicted octanol–water partition coefficient (Wildman–Crippen LogP) is 2.71. The number of nitro benzene ring substituents is 1. The Labute approximate surface area is 123 Å². The number of aromatic nitrogens is 2. The zero-order valence-corrected chi connectivity index (χ0v) is 11.4. The van der Waals surface area contributed by atoms with Gasteiger partial charge in [0, 0.05) is 23.9 Å². The second-order valence-corrected chi connectivity index (χ2v) is 4.60. The number of carbonyl (C=O) groups is 1. The Balaban J connectivity index is 2.21. The molecule has 0 aliphatic heterocycles. The van der Waals surface area contributed by atoms with E-state index in [1.807, 2.05) is 0 Å². The summed E-state index contributed by atoms with van der Waals surface area (Å²) in [6.45, 7) is 0. The number of hydrogen-bond donors (Lipinski definition) is 1. The van der Waals surface area contributed by atoms with Gasteiger partial charge in [-0.2, -0.15) is 0 Å². The fourth-order valence-corrected chi connectivity index (χ4v) is 1.86. The molecule has 9 heteroatoms. The molecule has 0 saturated carbocycles. The van der Waals surface area contributed by atoms with Crippen molar-refractivity contribution in [1.29, 1.82) is 0 Å². The molecular weight excluding hydrogens is 302 g/mol. The lowest BCUT2D eigenvalue weighted by Crippen LogP contribution is -1.95. The smallest absolute Gasteiger partial charge is 0.303 e. The van der Waals surface area contributed by atoms with Gasteiger partial charge in [-0.05, 0) is 18.6 Å². The molecule has 0 radical (unpaired) electrons. The molecule has 110 valence electrons. The van der Waals surface area contributed by atoms with Crippen LogP contribution in [0.1, 0.15) is 18.7 Å². The highest BCUT2D eigenvalue weighted by Gasteiger charge is 2.20. The van der Waals surface area contributed by atoms with Crippen LogP contribution in [0.15, 0.2) is 22.6 Å². The van der Waals surface area contributed by atoms with Crippen LogP contribution in [-0.2, 0) is 11.2 Å². The minimum absolute atomic E-state index is 0.00342. The van der Waals surface area contributed by atoms with E-state index < -0.39 is 10.9 Å². The minimum atomic E-state index is -0.914. The van der Waals surface area contributed by atoms with E-state index in [1.54, 1.807) is 0 Å². The molecule has 1 heterocycles. The van der Waals surface area contributed by atoms with Gasteiger partial charge in [0.2, 0.25) is 5.89 Å². The molecule has 0 saturated heterocycles. The molecule has 0 aliphatic rings. The van der Waals surface area contributed by atoms with Gasteiger partial charge in [-0.1, -0.05) is 11.6 Å². The predicted molar refractivity (Wildman–Crippen MR) is 72.0 cm³/mol. The Hall–Kier alpha value is -2.48. The maximum Gasteiger partial charge on any atom is 0.303 e. The standard InChI is InChI=1S/C12H10ClN3O5/c13-7-4-5-8(9(6-7)16(19)20)12-15-14-10(21-12)2-1-3-11(17)18/h4-6H,1-3H2,(H,17,18). The third-order valence-electron chi connectivity index (χ3n) is 2.64. The molecule has 0 atom stereocenters. The van der Waals surface area contributed by atoms with E-state index in [1.165, 1.54) is 18.2 Å². The Kier molecular flexibility index (Phi) is 4.49. The van der Waals surface area contributed by atoms with Gasteiger partial charge in [0.1, 0.15) is 5.56 Å². The first-order chi connectivity index (χ1) is 9.97. The zero-order valence-electron chi connectivity index (χ0n) is 10.7. The summed E-state index contributed by atoms with van der Waals surface area (Å²) in [5.41, 5.74) is -0.0652. The number of carboxylic acid groups (broad SMARTS) is 1. The number of aliphatic carboxylic acids is 1. The van der Waals surface area contributed by atoms with Crippen LogP contribution >= 0.6 is 11.6 Å². The second kappa shape index (κ2) is 6.31. The summed E-state index contributed by atoms with van der Waals surface area (Å²) in [7, 11) is 0. The molecule has 1 aromatic carbocycles. The molecule has 2 rings (SSSR count). The third-order valence-corrected chi connectivity index (χ3v) is 2.87. The van der Waals surface area contributed by atoms with Crippen molar-refractivity contribution in [3.05, 3.63) is 39.2 Å². The lowest BCUT2D eigenvalue weighted by atomic mass is 10.2. The van der Waals surface area contributed by atoms with Crippen LogP contribution in [0, 0.1) is 10.1 Å². The first-order valence-corrected chi connectivity index (χ1v) is 6.33. The molecule has 0 fully saturated rings. The Bertz CT molecular complexity index is 685. The normalized spacial score (nSPS) is 10.5. The topological polar surface area (TPSA) is 119 Å². The molecule has 0 aliphatic carbocycles. The molecule has 0 bridgehead atoms. The first kappa shape index (κ1) is 14.9. The number of rotatable bonds is 6. The molecule has 0 spiro atoms. The van der Waals surface area contributed by atoms with Gasteiger partial charge in [0.15, 0.2) is 0 Å². The van der Waals surface area contributed by atoms with Crippen molar-refractivity contribution < 1.29 is 19.2 Å². The molecule has 1 N–H and O–H groups in total. The highest BCUT2D eigenvalue weighted by atomic mass is 35.5. The maximum atomic E-state index is 11.0. The summed E-state index contributed by atoms with van der Waals surface area (Å²) in [6.07, 6.45) is 0.624. The van der Waals surface area contributed by atoms with Gasteiger partial charge in [-0.15, -0.1) is 10.2 Å². The van der Waals surface area contributed by atoms with Crippen LogP contribution in [0.3, 0.4) is 0 Å². The van der Waals surface area contributed by atoms with Crippen LogP contribution in [0.25, 0.3) is 11.5 Å². The van der Waals surface area contributed by atoms with E-state index in [4.69, 9.17) is 21.1 Å². The summed E-state index contributed by atoms with van der Waals surface area (Å²) in [5, 5.41) is 27.3. The van der Waals surface area contributed by atoms with Gasteiger partial charge in [-0.25, -0.2) is 0 Å². The monoisotopic (exact) mass is 311 g/mol. The van der Waals surface area contributed by atoms with Crippen molar-refractivity contribution in [2.24, 2.45) is 0 Å². The van der Waals surface area contributed by atoms with Crippen LogP contribution < -0.4 is 0 Å². The lowest BCUT2D eigenvalue weighted by molar-refractivity contribution is -0.384. The summed E-state index contributed by atoms with van der Waals surface area (Å²) < 4.78 is 5.32. The Morgan fingerprint density at radius 3 is 2.86 bits per heavy atom. The van der Waals surface area contributed by atoms with E-state index in [0.29, 0.717) is 12.8 Å². The largest absolute Gasteiger partial charge is 0.481 e. The molecular formula is C12H10ClN3O5. The number of halogens is 1. The van der Waals surface area contributed by atoms with E-state index in [9.17, 15) is 14.9 Å². The van der Waals surface area contributed by atoms with Gasteiger partial charge in [0.25, 0.3) is 11.6 Å². The quantitative estimate of drug-likeness (QED) is 0.643. The van der Waals surface area contributed by atoms with E-state index >= 15 is 0 Å². The lowest BCUT2D eigenvalue weighted by Gasteiger charge is -1.98. The van der Waals surface area contributed by atoms with Crippen LogP contribution in [0.4, 0.5) is 5.69 Å². The molecule has 2 aromatic rings. The number of aryl methyl sites for hydroxylation is 1. The number of nitro groups is 1. The van der Waals surface area contributed by atoms with Crippen LogP contribution in [0.2, 0.25) is 5.02 Å². The first-order valence-electron chi connectivity index (χ1n) is 5.96.